The Labute approximate surface area is 795 Å². The number of esters is 1. The number of alkyl carbamates (subject to hydrolysis) is 1. The van der Waals surface area contributed by atoms with Crippen LogP contribution in [0.25, 0.3) is 0 Å². The van der Waals surface area contributed by atoms with Crippen molar-refractivity contribution in [3.05, 3.63) is 250 Å². The second-order valence-corrected chi connectivity index (χ2v) is 39.6. The maximum absolute atomic E-state index is 16.1. The maximum Gasteiger partial charge on any atom is 0.410 e. The van der Waals surface area contributed by atoms with Crippen molar-refractivity contribution in [3.63, 3.8) is 0 Å². The topological polar surface area (TPSA) is 445 Å². The number of unbranched alkanes of at least 4 members (excludes halogenated alkanes) is 1. The van der Waals surface area contributed by atoms with Crippen molar-refractivity contribution in [1.82, 2.24) is 66.6 Å². The normalized spacial score (nSPS) is 15.0. The summed E-state index contributed by atoms with van der Waals surface area (Å²) < 4.78 is 62.1. The molecule has 7 aromatic carbocycles. The fourth-order valence-electron chi connectivity index (χ4n) is 16.6. The Hall–Kier alpha value is -13.7. The molecule has 728 valence electrons. The van der Waals surface area contributed by atoms with Crippen molar-refractivity contribution >= 4 is 81.5 Å². The lowest BCUT2D eigenvalue weighted by Crippen LogP contribution is -2.60. The van der Waals surface area contributed by atoms with Crippen molar-refractivity contribution in [1.29, 1.82) is 5.41 Å². The molecule has 136 heavy (non-hydrogen) atoms. The number of benzene rings is 7. The van der Waals surface area contributed by atoms with E-state index < -0.39 is 165 Å². The van der Waals surface area contributed by atoms with Crippen LogP contribution in [0.4, 0.5) is 9.59 Å². The number of sulfonamides is 1. The van der Waals surface area contributed by atoms with E-state index >= 15 is 24.0 Å². The fraction of sp³-hybridized carbons (Fsp3) is 0.441. The molecular weight excluding hydrogens is 1760 g/mol. The first-order chi connectivity index (χ1) is 64.3. The predicted octanol–water partition coefficient (Wildman–Crippen LogP) is 10.9. The number of likely N-dealkylation sites (N-methyl/N-ethyl adjacent to an activating group) is 1. The van der Waals surface area contributed by atoms with E-state index in [4.69, 9.17) is 34.1 Å². The average Bonchev–Trinajstić information content (AvgIpc) is 1.39. The van der Waals surface area contributed by atoms with Crippen LogP contribution in [0.15, 0.2) is 193 Å². The van der Waals surface area contributed by atoms with Crippen LogP contribution in [0, 0.1) is 26.2 Å². The van der Waals surface area contributed by atoms with Gasteiger partial charge >= 0.3 is 24.1 Å². The van der Waals surface area contributed by atoms with Crippen molar-refractivity contribution < 1.29 is 89.9 Å². The minimum absolute atomic E-state index is 0.0105. The summed E-state index contributed by atoms with van der Waals surface area (Å²) in [6, 6.07) is 42.0. The highest BCUT2D eigenvalue weighted by Gasteiger charge is 2.44. The summed E-state index contributed by atoms with van der Waals surface area (Å²) in [5.74, 6) is -8.55. The van der Waals surface area contributed by atoms with E-state index in [1.165, 1.54) is 11.9 Å². The number of nitrogens with zero attached hydrogens (tertiary/aromatic N) is 4. The number of likely N-dealkylation sites (tertiary alicyclic amines) is 1. The van der Waals surface area contributed by atoms with Gasteiger partial charge in [-0.05, 0) is 222 Å². The van der Waals surface area contributed by atoms with Crippen molar-refractivity contribution in [3.8, 4) is 11.5 Å². The van der Waals surface area contributed by atoms with Crippen LogP contribution in [0.1, 0.15) is 195 Å². The molecule has 3 heterocycles. The number of carbonyl (C=O) groups excluding carboxylic acids is 10. The largest absolute Gasteiger partial charge is 0.488 e. The quantitative estimate of drug-likeness (QED) is 0.00423. The summed E-state index contributed by atoms with van der Waals surface area (Å²) in [4.78, 5) is 169. The van der Waals surface area contributed by atoms with E-state index in [-0.39, 0.29) is 94.6 Å². The lowest BCUT2D eigenvalue weighted by molar-refractivity contribution is -0.156. The van der Waals surface area contributed by atoms with Crippen molar-refractivity contribution in [2.75, 3.05) is 33.2 Å². The molecule has 2 aliphatic rings. The molecule has 0 bridgehead atoms. The van der Waals surface area contributed by atoms with Crippen molar-refractivity contribution in [2.24, 2.45) is 0 Å². The molecule has 0 aliphatic carbocycles. The molecule has 1 fully saturated rings. The predicted molar refractivity (Wildman–Crippen MR) is 512 cm³/mol. The van der Waals surface area contributed by atoms with Crippen LogP contribution in [0.2, 0.25) is 0 Å². The van der Waals surface area contributed by atoms with Gasteiger partial charge in [0.2, 0.25) is 47.3 Å². The van der Waals surface area contributed by atoms with Gasteiger partial charge in [0.1, 0.15) is 94.9 Å². The summed E-state index contributed by atoms with van der Waals surface area (Å²) in [7, 11) is -3.13. The molecule has 2 aliphatic heterocycles. The zero-order chi connectivity index (χ0) is 99.0. The monoisotopic (exact) mass is 1890 g/mol. The minimum atomic E-state index is -4.42. The number of aromatic nitrogens is 2. The van der Waals surface area contributed by atoms with Gasteiger partial charge in [0.05, 0.1) is 23.3 Å². The summed E-state index contributed by atoms with van der Waals surface area (Å²) in [6.07, 6.45) is 1.28. The number of amides is 9. The molecule has 1 saturated heterocycles. The third-order valence-electron chi connectivity index (χ3n) is 23.1. The van der Waals surface area contributed by atoms with Gasteiger partial charge < -0.3 is 85.7 Å². The van der Waals surface area contributed by atoms with Crippen LogP contribution in [-0.4, -0.2) is 202 Å². The Morgan fingerprint density at radius 2 is 1.08 bits per heavy atom. The number of fused-ring (bicyclic) bond motifs is 1. The van der Waals surface area contributed by atoms with E-state index in [2.05, 4.69) is 47.3 Å². The van der Waals surface area contributed by atoms with Crippen molar-refractivity contribution in [2.45, 2.75) is 262 Å². The first-order valence-electron chi connectivity index (χ1n) is 45.9. The van der Waals surface area contributed by atoms with Gasteiger partial charge in [-0.25, -0.2) is 32.5 Å². The smallest absolute Gasteiger partial charge is 0.410 e. The zero-order valence-corrected chi connectivity index (χ0v) is 81.0. The van der Waals surface area contributed by atoms with E-state index in [0.29, 0.717) is 64.1 Å². The number of hydrogen-bond acceptors (Lipinski definition) is 20. The molecule has 10 rings (SSSR count). The molecule has 7 atom stereocenters. The number of guanidine groups is 1. The van der Waals surface area contributed by atoms with E-state index in [9.17, 15) is 42.3 Å². The number of carboxylic acids is 1. The summed E-state index contributed by atoms with van der Waals surface area (Å²) in [5.41, 5.74) is 2.42. The van der Waals surface area contributed by atoms with Gasteiger partial charge in [0, 0.05) is 52.1 Å². The molecule has 34 heteroatoms. The number of imidazole rings is 1. The second-order valence-electron chi connectivity index (χ2n) is 38.0. The number of nitrogens with one attached hydrogen (secondary N) is 10. The lowest BCUT2D eigenvalue weighted by atomic mass is 9.77. The van der Waals surface area contributed by atoms with Gasteiger partial charge in [-0.15, -0.1) is 0 Å². The van der Waals surface area contributed by atoms with E-state index in [1.807, 2.05) is 130 Å². The zero-order valence-electron chi connectivity index (χ0n) is 80.2. The Balaban J connectivity index is 0.993. The first-order valence-corrected chi connectivity index (χ1v) is 47.4. The van der Waals surface area contributed by atoms with Gasteiger partial charge in [0.15, 0.2) is 0 Å². The van der Waals surface area contributed by atoms with Crippen LogP contribution < -0.4 is 56.7 Å². The van der Waals surface area contributed by atoms with Gasteiger partial charge in [0.25, 0.3) is 10.0 Å². The van der Waals surface area contributed by atoms with Crippen LogP contribution in [-0.2, 0) is 105 Å². The fourth-order valence-corrected chi connectivity index (χ4v) is 18.1. The highest BCUT2D eigenvalue weighted by Crippen LogP contribution is 2.44. The molecule has 0 unspecified atom stereocenters. The molecule has 33 nitrogen and oxygen atoms in total. The van der Waals surface area contributed by atoms with Gasteiger partial charge in [-0.3, -0.25) is 43.8 Å². The van der Waals surface area contributed by atoms with Crippen LogP contribution in [0.3, 0.4) is 0 Å². The maximum atomic E-state index is 16.1. The molecule has 11 N–H and O–H groups in total. The Kier molecular flexibility index (Phi) is 35.7. The average molecular weight is 1890 g/mol. The number of ether oxygens (including phenoxy) is 5. The SMILES string of the molecule is Cc1c(C)c(S(=O)(=O)NC(=N)NCCC[C@H](NC(=O)CN(C)C(=O)OCc2ccccc2)C(=O)N[C@@H](CC(=O)OC(C)(C)C)C(=O)N[C@@H](Cc2ccc(OC(C)(C)C)cc2)C(=O)N[C@@H](CCCCNC(=O)OC(C)(C)C)C(=O)N[C@@H](Cc2cn(C(c3ccccc3)(c3ccccc3)c3ccccc3)cn2)C(=O)N2CCC[C@H]2C(=O)N[C@@H](Cc2ccccc2)C(=O)O)c(C)c2c1OC(C)(C)CC2. The standard InChI is InChI=1S/C102H130N14O19S/c1-65-66(2)87(67(3)76-52-53-101(13,14)134-86(65)76)136(129,130)113-95(103)104-55-33-46-77(107-84(117)62-114(15)97(128)131-63-70-37-23-17-24-38-70)88(119)110-80(60-85(118)133-99(7,8)9)91(122)109-79(57-69-48-50-75(51-49-69)132-98(4,5)6)90(121)108-78(45-31-32-54-105-96(127)135-100(10,11)12)89(120)111-81(93(124)116-56-34-47-83(116)92(123)112-82(94(125)126)58-68-35-21-16-22-36-68)59-74-61-115(64-106-74)102(71-39-25-18-26-40-71,72-41-27-19-28-42-72)73-43-29-20-30-44-73/h16-30,35-44,48-51,61,64,77-83H,31-34,45-47,52-60,62-63H2,1-15H3,(H,105,127)(H,107,117)(H,108,121)(H,109,122)(H,110,119)(H,111,120)(H,112,123)(H,125,126)(H3,103,104,113)/t77-,78-,79-,80-,81-,82-,83-/m0/s1. The Bertz CT molecular complexity index is 5540. The molecule has 9 amide bonds. The number of aliphatic carboxylic acids is 1. The number of carboxylic acid groups (broad SMARTS) is 1. The summed E-state index contributed by atoms with van der Waals surface area (Å²) in [5, 5.41) is 41.3. The molecular formula is C102H130N14O19S. The third-order valence-corrected chi connectivity index (χ3v) is 24.7. The second kappa shape index (κ2) is 46.5. The number of carbonyl (C=O) groups is 11. The third kappa shape index (κ3) is 29.7. The van der Waals surface area contributed by atoms with Gasteiger partial charge in [-0.1, -0.05) is 164 Å². The van der Waals surface area contributed by atoms with Crippen LogP contribution >= 0.6 is 0 Å². The Morgan fingerprint density at radius 1 is 0.574 bits per heavy atom. The molecule has 0 spiro atoms. The highest BCUT2D eigenvalue weighted by atomic mass is 32.2. The van der Waals surface area contributed by atoms with E-state index in [1.54, 1.807) is 160 Å². The molecule has 8 aromatic rings. The first kappa shape index (κ1) is 104. The van der Waals surface area contributed by atoms with Crippen LogP contribution in [0.5, 0.6) is 11.5 Å². The lowest BCUT2D eigenvalue weighted by Gasteiger charge is -2.37. The Morgan fingerprint density at radius 3 is 1.65 bits per heavy atom. The molecule has 0 radical (unpaired) electrons. The number of hydrogen-bond donors (Lipinski definition) is 11. The minimum Gasteiger partial charge on any atom is -0.488 e. The summed E-state index contributed by atoms with van der Waals surface area (Å²) >= 11 is 0. The molecule has 1 aromatic heterocycles. The highest BCUT2D eigenvalue weighted by molar-refractivity contribution is 7.90. The summed E-state index contributed by atoms with van der Waals surface area (Å²) in [6.45, 7) is 23.4. The number of rotatable bonds is 41. The van der Waals surface area contributed by atoms with Gasteiger partial charge in [-0.2, -0.15) is 0 Å². The van der Waals surface area contributed by atoms with E-state index in [0.717, 1.165) is 27.2 Å². The molecule has 0 saturated carbocycles.